The van der Waals surface area contributed by atoms with Crippen LogP contribution in [0.25, 0.3) is 0 Å². The number of nitrogen functional groups attached to an aromatic ring is 1. The molecule has 0 saturated heterocycles. The second kappa shape index (κ2) is 5.50. The number of benzene rings is 2. The van der Waals surface area contributed by atoms with Crippen LogP contribution in [0.1, 0.15) is 0 Å². The van der Waals surface area contributed by atoms with Crippen LogP contribution in [-0.2, 0) is 0 Å². The van der Waals surface area contributed by atoms with Gasteiger partial charge < -0.3 is 15.8 Å². The molecule has 0 saturated carbocycles. The molecule has 0 fully saturated rings. The van der Waals surface area contributed by atoms with Crippen LogP contribution in [-0.4, -0.2) is 7.11 Å². The summed E-state index contributed by atoms with van der Waals surface area (Å²) in [5, 5.41) is 3.81. The molecule has 0 bridgehead atoms. The second-order valence-electron chi connectivity index (χ2n) is 3.70. The largest absolute Gasteiger partial charge is 0.497 e. The number of nitrogens with two attached hydrogens (primary N) is 1. The van der Waals surface area contributed by atoms with Crippen molar-refractivity contribution in [1.29, 1.82) is 0 Å². The first-order valence-electron chi connectivity index (χ1n) is 5.26. The lowest BCUT2D eigenvalue weighted by Gasteiger charge is -2.12. The third-order valence-corrected chi connectivity index (χ3v) is 3.28. The Balaban J connectivity index is 2.36. The van der Waals surface area contributed by atoms with Gasteiger partial charge in [0.05, 0.1) is 29.2 Å². The van der Waals surface area contributed by atoms with E-state index in [0.717, 1.165) is 21.6 Å². The van der Waals surface area contributed by atoms with Crippen molar-refractivity contribution >= 4 is 44.6 Å². The van der Waals surface area contributed by atoms with E-state index in [-0.39, 0.29) is 0 Å². The van der Waals surface area contributed by atoms with Gasteiger partial charge in [0.1, 0.15) is 5.75 Å². The molecule has 5 heteroatoms. The van der Waals surface area contributed by atoms with Crippen molar-refractivity contribution in [2.75, 3.05) is 18.2 Å². The molecule has 2 aromatic rings. The van der Waals surface area contributed by atoms with Crippen molar-refractivity contribution in [2.24, 2.45) is 0 Å². The zero-order chi connectivity index (χ0) is 13.1. The molecule has 0 spiro atoms. The van der Waals surface area contributed by atoms with Crippen molar-refractivity contribution in [2.45, 2.75) is 0 Å². The minimum atomic E-state index is 0.625. The number of anilines is 3. The van der Waals surface area contributed by atoms with E-state index in [4.69, 9.17) is 22.1 Å². The summed E-state index contributed by atoms with van der Waals surface area (Å²) in [6.45, 7) is 0. The fraction of sp³-hybridized carbons (Fsp3) is 0.0769. The highest BCUT2D eigenvalue weighted by molar-refractivity contribution is 9.10. The highest BCUT2D eigenvalue weighted by atomic mass is 79.9. The molecule has 0 aliphatic rings. The van der Waals surface area contributed by atoms with Gasteiger partial charge in [-0.3, -0.25) is 0 Å². The molecule has 0 heterocycles. The Morgan fingerprint density at radius 3 is 2.67 bits per heavy atom. The molecule has 0 aliphatic carbocycles. The summed E-state index contributed by atoms with van der Waals surface area (Å²) in [6.07, 6.45) is 0. The van der Waals surface area contributed by atoms with Crippen molar-refractivity contribution < 1.29 is 4.74 Å². The van der Waals surface area contributed by atoms with Crippen molar-refractivity contribution in [3.8, 4) is 5.75 Å². The molecule has 0 aromatic heterocycles. The molecule has 0 unspecified atom stereocenters. The Kier molecular flexibility index (Phi) is 3.99. The van der Waals surface area contributed by atoms with Gasteiger partial charge in [0.2, 0.25) is 0 Å². The maximum atomic E-state index is 6.12. The SMILES string of the molecule is COc1ccc(N)c(Nc2cc(Br)ccc2Cl)c1. The molecular formula is C13H12BrClN2O. The predicted octanol–water partition coefficient (Wildman–Crippen LogP) is 4.44. The van der Waals surface area contributed by atoms with Crippen LogP contribution < -0.4 is 15.8 Å². The third kappa shape index (κ3) is 2.89. The van der Waals surface area contributed by atoms with E-state index in [2.05, 4.69) is 21.2 Å². The summed E-state index contributed by atoms with van der Waals surface area (Å²) in [4.78, 5) is 0. The van der Waals surface area contributed by atoms with Crippen LogP contribution in [0, 0.1) is 0 Å². The Labute approximate surface area is 119 Å². The maximum Gasteiger partial charge on any atom is 0.121 e. The number of nitrogens with one attached hydrogen (secondary N) is 1. The molecular weight excluding hydrogens is 316 g/mol. The lowest BCUT2D eigenvalue weighted by Crippen LogP contribution is -1.97. The van der Waals surface area contributed by atoms with Crippen LogP contribution in [0.3, 0.4) is 0 Å². The summed E-state index contributed by atoms with van der Waals surface area (Å²) in [6, 6.07) is 11.0. The molecule has 3 N–H and O–H groups in total. The van der Waals surface area contributed by atoms with Gasteiger partial charge in [-0.05, 0) is 30.3 Å². The number of halogens is 2. The van der Waals surface area contributed by atoms with Crippen LogP contribution in [0.5, 0.6) is 5.75 Å². The number of methoxy groups -OCH3 is 1. The Morgan fingerprint density at radius 2 is 1.94 bits per heavy atom. The van der Waals surface area contributed by atoms with Gasteiger partial charge >= 0.3 is 0 Å². The fourth-order valence-corrected chi connectivity index (χ4v) is 2.03. The van der Waals surface area contributed by atoms with E-state index in [0.29, 0.717) is 10.7 Å². The normalized spacial score (nSPS) is 10.2. The number of rotatable bonds is 3. The molecule has 0 amide bonds. The second-order valence-corrected chi connectivity index (χ2v) is 5.03. The monoisotopic (exact) mass is 326 g/mol. The van der Waals surface area contributed by atoms with Crippen LogP contribution in [0.4, 0.5) is 17.1 Å². The van der Waals surface area contributed by atoms with E-state index in [1.54, 1.807) is 13.2 Å². The first kappa shape index (κ1) is 13.1. The van der Waals surface area contributed by atoms with E-state index in [1.165, 1.54) is 0 Å². The van der Waals surface area contributed by atoms with E-state index in [1.807, 2.05) is 30.3 Å². The standard InChI is InChI=1S/C13H12BrClN2O/c1-18-9-3-5-11(16)13(7-9)17-12-6-8(14)2-4-10(12)15/h2-7,17H,16H2,1H3. The van der Waals surface area contributed by atoms with Gasteiger partial charge in [0, 0.05) is 10.5 Å². The molecule has 94 valence electrons. The van der Waals surface area contributed by atoms with Gasteiger partial charge in [-0.1, -0.05) is 27.5 Å². The molecule has 0 atom stereocenters. The van der Waals surface area contributed by atoms with Crippen LogP contribution in [0.2, 0.25) is 5.02 Å². The number of ether oxygens (including phenoxy) is 1. The van der Waals surface area contributed by atoms with Crippen LogP contribution in [0.15, 0.2) is 40.9 Å². The number of hydrogen-bond donors (Lipinski definition) is 2. The lowest BCUT2D eigenvalue weighted by atomic mass is 10.2. The molecule has 0 aliphatic heterocycles. The molecule has 3 nitrogen and oxygen atoms in total. The molecule has 2 rings (SSSR count). The molecule has 0 radical (unpaired) electrons. The van der Waals surface area contributed by atoms with E-state index >= 15 is 0 Å². The Morgan fingerprint density at radius 1 is 1.17 bits per heavy atom. The van der Waals surface area contributed by atoms with E-state index < -0.39 is 0 Å². The first-order valence-corrected chi connectivity index (χ1v) is 6.43. The summed E-state index contributed by atoms with van der Waals surface area (Å²) in [5.74, 6) is 0.734. The Bertz CT molecular complexity index is 575. The van der Waals surface area contributed by atoms with Gasteiger partial charge in [-0.15, -0.1) is 0 Å². The quantitative estimate of drug-likeness (QED) is 0.819. The summed E-state index contributed by atoms with van der Waals surface area (Å²) in [5.41, 5.74) is 8.08. The average molecular weight is 328 g/mol. The predicted molar refractivity (Wildman–Crippen MR) is 79.8 cm³/mol. The first-order chi connectivity index (χ1) is 8.60. The van der Waals surface area contributed by atoms with Crippen molar-refractivity contribution in [3.63, 3.8) is 0 Å². The summed E-state index contributed by atoms with van der Waals surface area (Å²) >= 11 is 9.52. The number of hydrogen-bond acceptors (Lipinski definition) is 3. The Hall–Kier alpha value is -1.39. The topological polar surface area (TPSA) is 47.3 Å². The third-order valence-electron chi connectivity index (χ3n) is 2.46. The van der Waals surface area contributed by atoms with Crippen LogP contribution >= 0.6 is 27.5 Å². The van der Waals surface area contributed by atoms with Gasteiger partial charge in [-0.2, -0.15) is 0 Å². The smallest absolute Gasteiger partial charge is 0.121 e. The zero-order valence-electron chi connectivity index (χ0n) is 9.71. The minimum absolute atomic E-state index is 0.625. The molecule has 2 aromatic carbocycles. The van der Waals surface area contributed by atoms with Gasteiger partial charge in [-0.25, -0.2) is 0 Å². The van der Waals surface area contributed by atoms with Gasteiger partial charge in [0.25, 0.3) is 0 Å². The zero-order valence-corrected chi connectivity index (χ0v) is 12.0. The van der Waals surface area contributed by atoms with Gasteiger partial charge in [0.15, 0.2) is 0 Å². The highest BCUT2D eigenvalue weighted by Gasteiger charge is 2.05. The molecule has 18 heavy (non-hydrogen) atoms. The summed E-state index contributed by atoms with van der Waals surface area (Å²) < 4.78 is 6.10. The lowest BCUT2D eigenvalue weighted by molar-refractivity contribution is 0.415. The summed E-state index contributed by atoms with van der Waals surface area (Å²) in [7, 11) is 1.61. The maximum absolute atomic E-state index is 6.12. The van der Waals surface area contributed by atoms with E-state index in [9.17, 15) is 0 Å². The van der Waals surface area contributed by atoms with Crippen molar-refractivity contribution in [1.82, 2.24) is 0 Å². The van der Waals surface area contributed by atoms with Crippen molar-refractivity contribution in [3.05, 3.63) is 45.9 Å². The minimum Gasteiger partial charge on any atom is -0.497 e. The fourth-order valence-electron chi connectivity index (χ4n) is 1.51. The average Bonchev–Trinajstić information content (AvgIpc) is 2.36. The highest BCUT2D eigenvalue weighted by Crippen LogP contribution is 2.32.